The molecule has 1 rings (SSSR count). The fourth-order valence-corrected chi connectivity index (χ4v) is 2.40. The second kappa shape index (κ2) is 9.56. The molecule has 5 heteroatoms. The summed E-state index contributed by atoms with van der Waals surface area (Å²) in [6.07, 6.45) is 1.52. The van der Waals surface area contributed by atoms with Gasteiger partial charge >= 0.3 is 6.09 Å². The lowest BCUT2D eigenvalue weighted by molar-refractivity contribution is -0.110. The van der Waals surface area contributed by atoms with Crippen LogP contribution in [0.15, 0.2) is 30.3 Å². The molecular formula is C20H31NO4. The van der Waals surface area contributed by atoms with E-state index in [0.717, 1.165) is 18.3 Å². The molecule has 0 saturated carbocycles. The molecule has 1 unspecified atom stereocenters. The van der Waals surface area contributed by atoms with Gasteiger partial charge < -0.3 is 19.6 Å². The van der Waals surface area contributed by atoms with E-state index >= 15 is 0 Å². The largest absolute Gasteiger partial charge is 0.444 e. The number of aldehydes is 1. The monoisotopic (exact) mass is 349 g/mol. The molecule has 0 aromatic heterocycles. The van der Waals surface area contributed by atoms with Crippen LogP contribution in [0.25, 0.3) is 0 Å². The van der Waals surface area contributed by atoms with Crippen molar-refractivity contribution in [3.63, 3.8) is 0 Å². The van der Waals surface area contributed by atoms with Gasteiger partial charge in [0.05, 0.1) is 12.6 Å². The van der Waals surface area contributed by atoms with Crippen LogP contribution < -0.4 is 5.32 Å². The zero-order chi connectivity index (χ0) is 18.9. The number of amides is 1. The van der Waals surface area contributed by atoms with Gasteiger partial charge in [-0.05, 0) is 44.6 Å². The van der Waals surface area contributed by atoms with Crippen LogP contribution in [-0.2, 0) is 20.9 Å². The van der Waals surface area contributed by atoms with Crippen molar-refractivity contribution in [3.8, 4) is 0 Å². The average Bonchev–Trinajstić information content (AvgIpc) is 2.50. The first-order valence-corrected chi connectivity index (χ1v) is 8.68. The number of rotatable bonds is 9. The molecule has 0 heterocycles. The van der Waals surface area contributed by atoms with E-state index in [1.807, 2.05) is 30.3 Å². The summed E-state index contributed by atoms with van der Waals surface area (Å²) in [6.45, 7) is 10.7. The Bertz CT molecular complexity index is 534. The van der Waals surface area contributed by atoms with Gasteiger partial charge in [0.1, 0.15) is 11.9 Å². The molecule has 1 N–H and O–H groups in total. The number of hydrogen-bond acceptors (Lipinski definition) is 4. The lowest BCUT2D eigenvalue weighted by atomic mass is 9.83. The lowest BCUT2D eigenvalue weighted by Crippen LogP contribution is -2.42. The van der Waals surface area contributed by atoms with Crippen LogP contribution in [-0.4, -0.2) is 30.6 Å². The molecule has 1 amide bonds. The molecule has 1 aromatic rings. The Morgan fingerprint density at radius 3 is 2.36 bits per heavy atom. The Morgan fingerprint density at radius 1 is 1.16 bits per heavy atom. The predicted octanol–water partition coefficient (Wildman–Crippen LogP) is 4.10. The summed E-state index contributed by atoms with van der Waals surface area (Å²) in [4.78, 5) is 23.1. The number of hydrogen-bond donors (Lipinski definition) is 1. The van der Waals surface area contributed by atoms with Gasteiger partial charge in [0.25, 0.3) is 0 Å². The second-order valence-electron chi connectivity index (χ2n) is 8.05. The molecule has 0 fully saturated rings. The first-order chi connectivity index (χ1) is 11.6. The minimum Gasteiger partial charge on any atom is -0.444 e. The highest BCUT2D eigenvalue weighted by Crippen LogP contribution is 2.26. The van der Waals surface area contributed by atoms with Crippen molar-refractivity contribution in [2.75, 3.05) is 6.61 Å². The number of ether oxygens (including phenoxy) is 2. The van der Waals surface area contributed by atoms with Gasteiger partial charge in [-0.25, -0.2) is 4.79 Å². The highest BCUT2D eigenvalue weighted by molar-refractivity contribution is 5.73. The summed E-state index contributed by atoms with van der Waals surface area (Å²) >= 11 is 0. The molecule has 1 aromatic carbocycles. The number of carbonyl (C=O) groups is 2. The summed E-state index contributed by atoms with van der Waals surface area (Å²) in [6, 6.07) is 9.43. The van der Waals surface area contributed by atoms with Crippen LogP contribution in [0.3, 0.4) is 0 Å². The van der Waals surface area contributed by atoms with Gasteiger partial charge in [-0.2, -0.15) is 0 Å². The van der Waals surface area contributed by atoms with Gasteiger partial charge in [0, 0.05) is 6.61 Å². The highest BCUT2D eigenvalue weighted by atomic mass is 16.6. The standard InChI is InChI=1S/C20H31NO4/c1-19(2,3)25-18(23)21-17(14-22)13-20(4,5)11-12-24-15-16-9-7-6-8-10-16/h6-10,14,17H,11-13,15H2,1-5H3,(H,21,23). The van der Waals surface area contributed by atoms with E-state index in [0.29, 0.717) is 19.6 Å². The van der Waals surface area contributed by atoms with Gasteiger partial charge in [-0.15, -0.1) is 0 Å². The van der Waals surface area contributed by atoms with Crippen molar-refractivity contribution in [1.82, 2.24) is 5.32 Å². The van der Waals surface area contributed by atoms with E-state index in [1.54, 1.807) is 20.8 Å². The van der Waals surface area contributed by atoms with Crippen LogP contribution in [0.2, 0.25) is 0 Å². The third-order valence-corrected chi connectivity index (χ3v) is 3.67. The first-order valence-electron chi connectivity index (χ1n) is 8.68. The number of carbonyl (C=O) groups excluding carboxylic acids is 2. The van der Waals surface area contributed by atoms with Crippen LogP contribution >= 0.6 is 0 Å². The maximum absolute atomic E-state index is 11.8. The predicted molar refractivity (Wildman–Crippen MR) is 98.3 cm³/mol. The first kappa shape index (κ1) is 21.2. The van der Waals surface area contributed by atoms with Gasteiger partial charge in [0.15, 0.2) is 0 Å². The summed E-state index contributed by atoms with van der Waals surface area (Å²) in [5.74, 6) is 0. The van der Waals surface area contributed by atoms with Crippen LogP contribution in [0.1, 0.15) is 53.0 Å². The van der Waals surface area contributed by atoms with Crippen molar-refractivity contribution in [2.24, 2.45) is 5.41 Å². The molecule has 0 spiro atoms. The smallest absolute Gasteiger partial charge is 0.408 e. The Hall–Kier alpha value is -1.88. The van der Waals surface area contributed by atoms with Crippen molar-refractivity contribution >= 4 is 12.4 Å². The zero-order valence-corrected chi connectivity index (χ0v) is 16.0. The van der Waals surface area contributed by atoms with Crippen molar-refractivity contribution in [2.45, 2.75) is 65.7 Å². The van der Waals surface area contributed by atoms with E-state index < -0.39 is 17.7 Å². The molecule has 1 atom stereocenters. The summed E-state index contributed by atoms with van der Waals surface area (Å²) in [5, 5.41) is 2.63. The number of benzene rings is 1. The van der Waals surface area contributed by atoms with E-state index in [-0.39, 0.29) is 5.41 Å². The fraction of sp³-hybridized carbons (Fsp3) is 0.600. The Kier molecular flexibility index (Phi) is 8.10. The molecule has 0 bridgehead atoms. The quantitative estimate of drug-likeness (QED) is 0.538. The zero-order valence-electron chi connectivity index (χ0n) is 16.0. The highest BCUT2D eigenvalue weighted by Gasteiger charge is 2.26. The van der Waals surface area contributed by atoms with Crippen molar-refractivity contribution in [3.05, 3.63) is 35.9 Å². The lowest BCUT2D eigenvalue weighted by Gasteiger charge is -2.28. The molecule has 0 saturated heterocycles. The van der Waals surface area contributed by atoms with E-state index in [2.05, 4.69) is 19.2 Å². The molecule has 0 aliphatic rings. The average molecular weight is 349 g/mol. The summed E-state index contributed by atoms with van der Waals surface area (Å²) in [7, 11) is 0. The number of alkyl carbamates (subject to hydrolysis) is 1. The number of nitrogens with one attached hydrogen (secondary N) is 1. The molecule has 140 valence electrons. The minimum absolute atomic E-state index is 0.142. The van der Waals surface area contributed by atoms with Crippen LogP contribution in [0, 0.1) is 5.41 Å². The normalized spacial score (nSPS) is 13.2. The fourth-order valence-electron chi connectivity index (χ4n) is 2.40. The van der Waals surface area contributed by atoms with E-state index in [1.165, 1.54) is 0 Å². The molecule has 5 nitrogen and oxygen atoms in total. The minimum atomic E-state index is -0.585. The van der Waals surface area contributed by atoms with Gasteiger partial charge in [-0.1, -0.05) is 44.2 Å². The molecule has 0 aliphatic heterocycles. The third kappa shape index (κ3) is 9.87. The third-order valence-electron chi connectivity index (χ3n) is 3.67. The Labute approximate surface area is 151 Å². The van der Waals surface area contributed by atoms with Crippen LogP contribution in [0.4, 0.5) is 4.79 Å². The second-order valence-corrected chi connectivity index (χ2v) is 8.05. The van der Waals surface area contributed by atoms with Crippen molar-refractivity contribution < 1.29 is 19.1 Å². The topological polar surface area (TPSA) is 64.6 Å². The van der Waals surface area contributed by atoms with Gasteiger partial charge in [0.2, 0.25) is 0 Å². The molecule has 25 heavy (non-hydrogen) atoms. The summed E-state index contributed by atoms with van der Waals surface area (Å²) < 4.78 is 10.9. The summed E-state index contributed by atoms with van der Waals surface area (Å²) in [5.41, 5.74) is 0.410. The maximum atomic E-state index is 11.8. The Balaban J connectivity index is 2.37. The molecular weight excluding hydrogens is 318 g/mol. The van der Waals surface area contributed by atoms with Crippen molar-refractivity contribution in [1.29, 1.82) is 0 Å². The molecule has 0 aliphatic carbocycles. The maximum Gasteiger partial charge on any atom is 0.408 e. The van der Waals surface area contributed by atoms with E-state index in [9.17, 15) is 9.59 Å². The molecule has 0 radical (unpaired) electrons. The SMILES string of the molecule is CC(C)(CCOCc1ccccc1)CC(C=O)NC(=O)OC(C)(C)C. The van der Waals surface area contributed by atoms with Crippen LogP contribution in [0.5, 0.6) is 0 Å². The Morgan fingerprint density at radius 2 is 1.80 bits per heavy atom. The van der Waals surface area contributed by atoms with Gasteiger partial charge in [-0.3, -0.25) is 0 Å². The van der Waals surface area contributed by atoms with E-state index in [4.69, 9.17) is 9.47 Å².